The number of piperidine rings is 1. The van der Waals surface area contributed by atoms with Crippen molar-refractivity contribution < 1.29 is 14.3 Å². The van der Waals surface area contributed by atoms with Crippen molar-refractivity contribution in [3.05, 3.63) is 28.7 Å². The fourth-order valence-corrected chi connectivity index (χ4v) is 3.33. The minimum atomic E-state index is -0.367. The van der Waals surface area contributed by atoms with Gasteiger partial charge in [-0.15, -0.1) is 0 Å². The van der Waals surface area contributed by atoms with Crippen molar-refractivity contribution in [1.82, 2.24) is 14.9 Å². The number of amides is 1. The number of hydrogen-bond donors (Lipinski definition) is 3. The van der Waals surface area contributed by atoms with Crippen LogP contribution in [0.5, 0.6) is 0 Å². The van der Waals surface area contributed by atoms with Crippen molar-refractivity contribution in [2.75, 3.05) is 25.0 Å². The van der Waals surface area contributed by atoms with E-state index in [1.165, 1.54) is 0 Å². The van der Waals surface area contributed by atoms with Crippen molar-refractivity contribution in [2.45, 2.75) is 32.7 Å². The summed E-state index contributed by atoms with van der Waals surface area (Å²) >= 11 is 0. The SMILES string of the molecule is CCOC(=O)[C@H]1CCCN([C@H](C)C(=O)Nc2ccc3[nH]c(=O)[nH]c3c2)C1. The van der Waals surface area contributed by atoms with E-state index in [0.717, 1.165) is 19.4 Å². The molecule has 0 saturated carbocycles. The van der Waals surface area contributed by atoms with Crippen LogP contribution in [-0.4, -0.2) is 52.5 Å². The Morgan fingerprint density at radius 1 is 1.35 bits per heavy atom. The summed E-state index contributed by atoms with van der Waals surface area (Å²) in [6.07, 6.45) is 1.65. The van der Waals surface area contributed by atoms with Gasteiger partial charge in [0.2, 0.25) is 5.91 Å². The van der Waals surface area contributed by atoms with E-state index in [4.69, 9.17) is 4.74 Å². The standard InChI is InChI=1S/C18H24N4O4/c1-3-26-17(24)12-5-4-8-22(10-12)11(2)16(23)19-13-6-7-14-15(9-13)21-18(25)20-14/h6-7,9,11-12H,3-5,8,10H2,1-2H3,(H,19,23)(H2,20,21,25)/t11-,12+/m1/s1. The van der Waals surface area contributed by atoms with Gasteiger partial charge in [0.25, 0.3) is 0 Å². The summed E-state index contributed by atoms with van der Waals surface area (Å²) in [6, 6.07) is 4.84. The molecule has 1 fully saturated rings. The highest BCUT2D eigenvalue weighted by molar-refractivity contribution is 5.96. The number of esters is 1. The zero-order valence-electron chi connectivity index (χ0n) is 15.0. The maximum Gasteiger partial charge on any atom is 0.323 e. The topological polar surface area (TPSA) is 107 Å². The molecule has 1 aromatic heterocycles. The number of anilines is 1. The van der Waals surface area contributed by atoms with Gasteiger partial charge in [-0.3, -0.25) is 14.5 Å². The van der Waals surface area contributed by atoms with Crippen LogP contribution in [0.1, 0.15) is 26.7 Å². The van der Waals surface area contributed by atoms with E-state index in [1.807, 2.05) is 11.8 Å². The van der Waals surface area contributed by atoms with Crippen LogP contribution in [0.2, 0.25) is 0 Å². The molecule has 0 spiro atoms. The van der Waals surface area contributed by atoms with Gasteiger partial charge in [0.15, 0.2) is 0 Å². The number of likely N-dealkylation sites (tertiary alicyclic amines) is 1. The fourth-order valence-electron chi connectivity index (χ4n) is 3.33. The van der Waals surface area contributed by atoms with E-state index >= 15 is 0 Å². The average Bonchev–Trinajstić information content (AvgIpc) is 3.00. The van der Waals surface area contributed by atoms with E-state index < -0.39 is 0 Å². The molecule has 26 heavy (non-hydrogen) atoms. The summed E-state index contributed by atoms with van der Waals surface area (Å²) in [5.41, 5.74) is 1.66. The summed E-state index contributed by atoms with van der Waals surface area (Å²) in [4.78, 5) is 43.3. The van der Waals surface area contributed by atoms with E-state index in [9.17, 15) is 14.4 Å². The molecule has 1 amide bonds. The summed E-state index contributed by atoms with van der Waals surface area (Å²) in [5.74, 6) is -0.515. The van der Waals surface area contributed by atoms with Crippen LogP contribution in [0.3, 0.4) is 0 Å². The van der Waals surface area contributed by atoms with Crippen molar-refractivity contribution in [2.24, 2.45) is 5.92 Å². The first-order valence-corrected chi connectivity index (χ1v) is 8.91. The molecule has 2 aromatic rings. The number of fused-ring (bicyclic) bond motifs is 1. The van der Waals surface area contributed by atoms with Crippen LogP contribution in [-0.2, 0) is 14.3 Å². The van der Waals surface area contributed by atoms with Gasteiger partial charge >= 0.3 is 11.7 Å². The van der Waals surface area contributed by atoms with Gasteiger partial charge in [0.1, 0.15) is 0 Å². The molecular formula is C18H24N4O4. The third-order valence-electron chi connectivity index (χ3n) is 4.78. The molecule has 1 aliphatic heterocycles. The molecule has 2 heterocycles. The number of carbonyl (C=O) groups is 2. The predicted molar refractivity (Wildman–Crippen MR) is 97.9 cm³/mol. The number of nitrogens with one attached hydrogen (secondary N) is 3. The zero-order chi connectivity index (χ0) is 18.7. The first-order valence-electron chi connectivity index (χ1n) is 8.91. The molecule has 0 unspecified atom stereocenters. The summed E-state index contributed by atoms with van der Waals surface area (Å²) in [7, 11) is 0. The van der Waals surface area contributed by atoms with E-state index in [1.54, 1.807) is 25.1 Å². The van der Waals surface area contributed by atoms with Crippen molar-refractivity contribution in [1.29, 1.82) is 0 Å². The number of benzene rings is 1. The number of H-pyrrole nitrogens is 2. The van der Waals surface area contributed by atoms with Crippen molar-refractivity contribution in [3.63, 3.8) is 0 Å². The molecule has 1 aromatic carbocycles. The van der Waals surface area contributed by atoms with Crippen LogP contribution in [0, 0.1) is 5.92 Å². The number of hydrogen-bond acceptors (Lipinski definition) is 5. The van der Waals surface area contributed by atoms with Gasteiger partial charge < -0.3 is 20.0 Å². The number of aromatic nitrogens is 2. The molecule has 8 nitrogen and oxygen atoms in total. The molecule has 3 N–H and O–H groups in total. The molecule has 0 radical (unpaired) electrons. The second-order valence-corrected chi connectivity index (χ2v) is 6.59. The average molecular weight is 360 g/mol. The highest BCUT2D eigenvalue weighted by Gasteiger charge is 2.31. The molecule has 0 aliphatic carbocycles. The van der Waals surface area contributed by atoms with E-state index in [2.05, 4.69) is 15.3 Å². The van der Waals surface area contributed by atoms with Gasteiger partial charge in [-0.25, -0.2) is 4.79 Å². The highest BCUT2D eigenvalue weighted by atomic mass is 16.5. The second kappa shape index (κ2) is 7.74. The normalized spacial score (nSPS) is 19.2. The Balaban J connectivity index is 1.64. The fraction of sp³-hybridized carbons (Fsp3) is 0.500. The summed E-state index contributed by atoms with van der Waals surface area (Å²) in [6.45, 7) is 5.30. The maximum absolute atomic E-state index is 12.6. The van der Waals surface area contributed by atoms with Crippen molar-refractivity contribution >= 4 is 28.6 Å². The number of ether oxygens (including phenoxy) is 1. The number of carbonyl (C=O) groups excluding carboxylic acids is 2. The largest absolute Gasteiger partial charge is 0.466 e. The quantitative estimate of drug-likeness (QED) is 0.700. The number of aromatic amines is 2. The van der Waals surface area contributed by atoms with Crippen LogP contribution >= 0.6 is 0 Å². The van der Waals surface area contributed by atoms with Crippen molar-refractivity contribution in [3.8, 4) is 0 Å². The minimum Gasteiger partial charge on any atom is -0.466 e. The maximum atomic E-state index is 12.6. The van der Waals surface area contributed by atoms with E-state index in [0.29, 0.717) is 29.9 Å². The number of rotatable bonds is 5. The van der Waals surface area contributed by atoms with Gasteiger partial charge in [-0.05, 0) is 51.4 Å². The van der Waals surface area contributed by atoms with Gasteiger partial charge in [-0.1, -0.05) is 0 Å². The molecule has 2 atom stereocenters. The zero-order valence-corrected chi connectivity index (χ0v) is 15.0. The van der Waals surface area contributed by atoms with Gasteiger partial charge in [0, 0.05) is 12.2 Å². The van der Waals surface area contributed by atoms with Gasteiger partial charge in [0.05, 0.1) is 29.6 Å². The summed E-state index contributed by atoms with van der Waals surface area (Å²) in [5, 5.41) is 2.88. The Morgan fingerprint density at radius 2 is 2.12 bits per heavy atom. The highest BCUT2D eigenvalue weighted by Crippen LogP contribution is 2.21. The second-order valence-electron chi connectivity index (χ2n) is 6.59. The lowest BCUT2D eigenvalue weighted by Gasteiger charge is -2.35. The third-order valence-corrected chi connectivity index (χ3v) is 4.78. The van der Waals surface area contributed by atoms with E-state index in [-0.39, 0.29) is 29.5 Å². The Labute approximate surface area is 150 Å². The van der Waals surface area contributed by atoms with Crippen LogP contribution in [0.15, 0.2) is 23.0 Å². The lowest BCUT2D eigenvalue weighted by molar-refractivity contribution is -0.150. The lowest BCUT2D eigenvalue weighted by Crippen LogP contribution is -2.48. The monoisotopic (exact) mass is 360 g/mol. The number of nitrogens with zero attached hydrogens (tertiary/aromatic N) is 1. The summed E-state index contributed by atoms with van der Waals surface area (Å²) < 4.78 is 5.11. The lowest BCUT2D eigenvalue weighted by atomic mass is 9.97. The molecule has 8 heteroatoms. The van der Waals surface area contributed by atoms with Crippen LogP contribution in [0.4, 0.5) is 5.69 Å². The van der Waals surface area contributed by atoms with Gasteiger partial charge in [-0.2, -0.15) is 0 Å². The molecule has 0 bridgehead atoms. The molecule has 1 aliphatic rings. The van der Waals surface area contributed by atoms with Crippen LogP contribution < -0.4 is 11.0 Å². The first-order chi connectivity index (χ1) is 12.5. The molecule has 3 rings (SSSR count). The molecule has 1 saturated heterocycles. The Morgan fingerprint density at radius 3 is 2.88 bits per heavy atom. The third kappa shape index (κ3) is 3.96. The molecular weight excluding hydrogens is 336 g/mol. The Hall–Kier alpha value is -2.61. The predicted octanol–water partition coefficient (Wildman–Crippen LogP) is 1.46. The Kier molecular flexibility index (Phi) is 5.41. The first kappa shape index (κ1) is 18.2. The Bertz CT molecular complexity index is 856. The number of imidazole rings is 1. The minimum absolute atomic E-state index is 0.147. The van der Waals surface area contributed by atoms with Crippen LogP contribution in [0.25, 0.3) is 11.0 Å². The smallest absolute Gasteiger partial charge is 0.323 e. The molecule has 140 valence electrons.